The molecule has 3 heterocycles. The van der Waals surface area contributed by atoms with Crippen molar-refractivity contribution in [2.24, 2.45) is 0 Å². The van der Waals surface area contributed by atoms with Crippen molar-refractivity contribution in [1.29, 1.82) is 0 Å². The highest BCUT2D eigenvalue weighted by Crippen LogP contribution is 2.31. The van der Waals surface area contributed by atoms with Gasteiger partial charge in [-0.3, -0.25) is 9.20 Å². The number of fused-ring (bicyclic) bond motifs is 1. The molecule has 0 aliphatic heterocycles. The molecule has 8 heteroatoms. The van der Waals surface area contributed by atoms with Gasteiger partial charge in [0, 0.05) is 22.3 Å². The number of rotatable bonds is 6. The Morgan fingerprint density at radius 3 is 2.59 bits per heavy atom. The lowest BCUT2D eigenvalue weighted by atomic mass is 10.2. The van der Waals surface area contributed by atoms with Gasteiger partial charge in [0.2, 0.25) is 4.96 Å². The Morgan fingerprint density at radius 1 is 1.06 bits per heavy atom. The molecule has 0 bridgehead atoms. The first kappa shape index (κ1) is 20.7. The molecule has 160 valence electrons. The number of aryl methyl sites for hydroxylation is 1. The number of thiazole rings is 1. The fourth-order valence-electron chi connectivity index (χ4n) is 3.86. The summed E-state index contributed by atoms with van der Waals surface area (Å²) in [6, 6.07) is 18.4. The molecule has 0 N–H and O–H groups in total. The van der Waals surface area contributed by atoms with E-state index in [2.05, 4.69) is 10.2 Å². The van der Waals surface area contributed by atoms with Crippen molar-refractivity contribution in [2.75, 3.05) is 5.75 Å². The number of thioether (sulfide) groups is 1. The Morgan fingerprint density at radius 2 is 1.81 bits per heavy atom. The van der Waals surface area contributed by atoms with E-state index in [1.165, 1.54) is 29.2 Å². The molecule has 0 unspecified atom stereocenters. The second-order valence-corrected chi connectivity index (χ2v) is 9.15. The van der Waals surface area contributed by atoms with Crippen LogP contribution in [0.3, 0.4) is 0 Å². The third kappa shape index (κ3) is 3.55. The standard InChI is InChI=1S/C24H19FN4OS2/c1-15-12-18(16(2)28(15)20-11-7-6-10-19(20)25)22(30)14-32-24-27-26-23-29(24)21(13-31-23)17-8-4-3-5-9-17/h3-13H,14H2,1-2H3. The van der Waals surface area contributed by atoms with Crippen molar-refractivity contribution in [2.45, 2.75) is 19.0 Å². The highest BCUT2D eigenvalue weighted by Gasteiger charge is 2.20. The summed E-state index contributed by atoms with van der Waals surface area (Å²) in [6.45, 7) is 3.72. The van der Waals surface area contributed by atoms with E-state index in [0.717, 1.165) is 27.6 Å². The molecule has 0 amide bonds. The predicted molar refractivity (Wildman–Crippen MR) is 127 cm³/mol. The number of Topliss-reactive ketones (excluding diaryl/α,β-unsaturated/α-hetero) is 1. The van der Waals surface area contributed by atoms with Gasteiger partial charge >= 0.3 is 0 Å². The van der Waals surface area contributed by atoms with E-state index in [1.807, 2.05) is 60.0 Å². The molecule has 0 spiro atoms. The van der Waals surface area contributed by atoms with Crippen LogP contribution >= 0.6 is 23.1 Å². The zero-order chi connectivity index (χ0) is 22.2. The first-order valence-electron chi connectivity index (χ1n) is 10.0. The van der Waals surface area contributed by atoms with Gasteiger partial charge in [0.25, 0.3) is 0 Å². The van der Waals surface area contributed by atoms with Gasteiger partial charge < -0.3 is 4.57 Å². The van der Waals surface area contributed by atoms with E-state index < -0.39 is 0 Å². The summed E-state index contributed by atoms with van der Waals surface area (Å²) in [7, 11) is 0. The molecule has 2 aromatic carbocycles. The maximum atomic E-state index is 14.3. The average Bonchev–Trinajstić information content (AvgIpc) is 3.48. The molecule has 0 saturated carbocycles. The summed E-state index contributed by atoms with van der Waals surface area (Å²) < 4.78 is 18.1. The molecule has 0 aliphatic rings. The number of hydrogen-bond acceptors (Lipinski definition) is 5. The van der Waals surface area contributed by atoms with Crippen molar-refractivity contribution in [1.82, 2.24) is 19.2 Å². The molecule has 5 aromatic rings. The summed E-state index contributed by atoms with van der Waals surface area (Å²) in [4.78, 5) is 13.9. The van der Waals surface area contributed by atoms with Crippen molar-refractivity contribution in [3.8, 4) is 16.9 Å². The van der Waals surface area contributed by atoms with Crippen molar-refractivity contribution in [3.05, 3.63) is 88.8 Å². The van der Waals surface area contributed by atoms with Gasteiger partial charge in [-0.1, -0.05) is 54.2 Å². The molecular weight excluding hydrogens is 443 g/mol. The molecule has 0 aliphatic carbocycles. The van der Waals surface area contributed by atoms with Crippen molar-refractivity contribution in [3.63, 3.8) is 0 Å². The second kappa shape index (κ2) is 8.37. The van der Waals surface area contributed by atoms with Gasteiger partial charge in [0.15, 0.2) is 10.9 Å². The van der Waals surface area contributed by atoms with Gasteiger partial charge in [-0.2, -0.15) is 0 Å². The van der Waals surface area contributed by atoms with Crippen LogP contribution in [0.25, 0.3) is 21.9 Å². The highest BCUT2D eigenvalue weighted by atomic mass is 32.2. The van der Waals surface area contributed by atoms with Crippen molar-refractivity contribution >= 4 is 33.8 Å². The minimum atomic E-state index is -0.320. The Balaban J connectivity index is 1.42. The maximum Gasteiger partial charge on any atom is 0.217 e. The van der Waals surface area contributed by atoms with Crippen LogP contribution < -0.4 is 0 Å². The molecule has 5 rings (SSSR count). The van der Waals surface area contributed by atoms with E-state index in [0.29, 0.717) is 16.4 Å². The quantitative estimate of drug-likeness (QED) is 0.230. The molecule has 3 aromatic heterocycles. The first-order valence-corrected chi connectivity index (χ1v) is 11.9. The summed E-state index contributed by atoms with van der Waals surface area (Å²) in [5.74, 6) is -0.134. The average molecular weight is 463 g/mol. The largest absolute Gasteiger partial charge is 0.315 e. The zero-order valence-electron chi connectivity index (χ0n) is 17.4. The van der Waals surface area contributed by atoms with Gasteiger partial charge in [-0.15, -0.1) is 21.5 Å². The van der Waals surface area contributed by atoms with Crippen LogP contribution in [0.1, 0.15) is 21.7 Å². The van der Waals surface area contributed by atoms with Crippen LogP contribution in [0.5, 0.6) is 0 Å². The zero-order valence-corrected chi connectivity index (χ0v) is 19.1. The number of benzene rings is 2. The highest BCUT2D eigenvalue weighted by molar-refractivity contribution is 7.99. The van der Waals surface area contributed by atoms with E-state index in [1.54, 1.807) is 22.8 Å². The van der Waals surface area contributed by atoms with E-state index in [4.69, 9.17) is 0 Å². The number of aromatic nitrogens is 4. The van der Waals surface area contributed by atoms with Crippen LogP contribution in [-0.4, -0.2) is 30.7 Å². The van der Waals surface area contributed by atoms with E-state index >= 15 is 0 Å². The van der Waals surface area contributed by atoms with Gasteiger partial charge in [0.1, 0.15) is 5.82 Å². The fourth-order valence-corrected chi connectivity index (χ4v) is 5.58. The van der Waals surface area contributed by atoms with Gasteiger partial charge in [0.05, 0.1) is 17.1 Å². The lowest BCUT2D eigenvalue weighted by molar-refractivity contribution is 0.102. The third-order valence-corrected chi connectivity index (χ3v) is 7.09. The molecular formula is C24H19FN4OS2. The van der Waals surface area contributed by atoms with Crippen LogP contribution in [0.15, 0.2) is 71.2 Å². The Bertz CT molecular complexity index is 1440. The lowest BCUT2D eigenvalue weighted by Crippen LogP contribution is -2.07. The molecule has 32 heavy (non-hydrogen) atoms. The van der Waals surface area contributed by atoms with Crippen LogP contribution in [0.2, 0.25) is 0 Å². The van der Waals surface area contributed by atoms with Gasteiger partial charge in [-0.25, -0.2) is 4.39 Å². The summed E-state index contributed by atoms with van der Waals surface area (Å²) in [5, 5.41) is 11.3. The van der Waals surface area contributed by atoms with E-state index in [-0.39, 0.29) is 17.4 Å². The smallest absolute Gasteiger partial charge is 0.217 e. The monoisotopic (exact) mass is 462 g/mol. The third-order valence-electron chi connectivity index (χ3n) is 5.35. The lowest BCUT2D eigenvalue weighted by Gasteiger charge is -2.10. The summed E-state index contributed by atoms with van der Waals surface area (Å²) in [5.41, 5.74) is 4.65. The van der Waals surface area contributed by atoms with Gasteiger partial charge in [-0.05, 0) is 37.6 Å². The number of hydrogen-bond donors (Lipinski definition) is 0. The molecule has 0 atom stereocenters. The molecule has 0 radical (unpaired) electrons. The Kier molecular flexibility index (Phi) is 5.40. The first-order chi connectivity index (χ1) is 15.5. The Hall–Kier alpha value is -3.23. The maximum absolute atomic E-state index is 14.3. The summed E-state index contributed by atoms with van der Waals surface area (Å²) in [6.07, 6.45) is 0. The van der Waals surface area contributed by atoms with Crippen LogP contribution in [-0.2, 0) is 0 Å². The SMILES string of the molecule is Cc1cc(C(=O)CSc2nnc3scc(-c4ccccc4)n23)c(C)n1-c1ccccc1F. The van der Waals surface area contributed by atoms with Crippen LogP contribution in [0.4, 0.5) is 4.39 Å². The minimum Gasteiger partial charge on any atom is -0.315 e. The topological polar surface area (TPSA) is 52.2 Å². The second-order valence-electron chi connectivity index (χ2n) is 7.37. The summed E-state index contributed by atoms with van der Waals surface area (Å²) >= 11 is 2.88. The van der Waals surface area contributed by atoms with Crippen molar-refractivity contribution < 1.29 is 9.18 Å². The molecule has 0 saturated heterocycles. The Labute approximate surface area is 192 Å². The molecule has 5 nitrogen and oxygen atoms in total. The van der Waals surface area contributed by atoms with Crippen LogP contribution in [0, 0.1) is 19.7 Å². The number of nitrogens with zero attached hydrogens (tertiary/aromatic N) is 4. The number of carbonyl (C=O) groups is 1. The number of ketones is 1. The number of carbonyl (C=O) groups excluding carboxylic acids is 1. The number of halogens is 1. The van der Waals surface area contributed by atoms with E-state index in [9.17, 15) is 9.18 Å². The fraction of sp³-hybridized carbons (Fsp3) is 0.125. The predicted octanol–water partition coefficient (Wildman–Crippen LogP) is 5.98. The number of para-hydroxylation sites is 1. The minimum absolute atomic E-state index is 0.0288. The normalized spacial score (nSPS) is 11.3. The molecule has 0 fully saturated rings.